The molecule has 94 valence electrons. The average molecular weight is 252 g/mol. The van der Waals surface area contributed by atoms with Crippen LogP contribution in [0.1, 0.15) is 57.2 Å². The molecular weight excluding hydrogens is 232 g/mol. The van der Waals surface area contributed by atoms with Crippen molar-refractivity contribution < 1.29 is 4.79 Å². The highest BCUT2D eigenvalue weighted by Crippen LogP contribution is 2.33. The molecule has 1 aliphatic rings. The number of aromatic nitrogens is 1. The highest BCUT2D eigenvalue weighted by Gasteiger charge is 2.34. The van der Waals surface area contributed by atoms with Gasteiger partial charge in [0.15, 0.2) is 0 Å². The third-order valence-corrected chi connectivity index (χ3v) is 4.51. The summed E-state index contributed by atoms with van der Waals surface area (Å²) in [7, 11) is 0. The van der Waals surface area contributed by atoms with Gasteiger partial charge in [-0.25, -0.2) is 4.98 Å². The maximum Gasteiger partial charge on any atom is 0.220 e. The van der Waals surface area contributed by atoms with Crippen molar-refractivity contribution >= 4 is 17.2 Å². The molecule has 1 N–H and O–H groups in total. The van der Waals surface area contributed by atoms with Gasteiger partial charge >= 0.3 is 0 Å². The maximum absolute atomic E-state index is 11.5. The van der Waals surface area contributed by atoms with E-state index in [1.165, 1.54) is 0 Å². The quantitative estimate of drug-likeness (QED) is 0.879. The summed E-state index contributed by atoms with van der Waals surface area (Å²) in [5, 5.41) is 6.30. The Morgan fingerprint density at radius 2 is 2.24 bits per heavy atom. The Labute approximate surface area is 107 Å². The van der Waals surface area contributed by atoms with Gasteiger partial charge < -0.3 is 5.32 Å². The van der Waals surface area contributed by atoms with Crippen molar-refractivity contribution in [3.63, 3.8) is 0 Å². The first-order valence-electron chi connectivity index (χ1n) is 6.17. The highest BCUT2D eigenvalue weighted by atomic mass is 32.1. The minimum atomic E-state index is 0.0979. The van der Waals surface area contributed by atoms with Gasteiger partial charge in [-0.2, -0.15) is 0 Å². The van der Waals surface area contributed by atoms with E-state index >= 15 is 0 Å². The number of nitrogens with one attached hydrogen (secondary N) is 1. The molecular formula is C13H20N2OS. The number of thiazole rings is 1. The summed E-state index contributed by atoms with van der Waals surface area (Å²) < 4.78 is 0. The summed E-state index contributed by atoms with van der Waals surface area (Å²) in [4.78, 5) is 16.2. The van der Waals surface area contributed by atoms with Crippen LogP contribution in [0.5, 0.6) is 0 Å². The summed E-state index contributed by atoms with van der Waals surface area (Å²) in [6.45, 7) is 8.63. The van der Waals surface area contributed by atoms with Gasteiger partial charge in [0.05, 0.1) is 10.7 Å². The lowest BCUT2D eigenvalue weighted by Gasteiger charge is -2.16. The zero-order valence-corrected chi connectivity index (χ0v) is 11.7. The summed E-state index contributed by atoms with van der Waals surface area (Å²) in [6.07, 6.45) is 1.56. The Hall–Kier alpha value is -0.900. The van der Waals surface area contributed by atoms with Gasteiger partial charge in [0.25, 0.3) is 0 Å². The summed E-state index contributed by atoms with van der Waals surface area (Å²) in [5.41, 5.74) is 1.19. The maximum atomic E-state index is 11.5. The molecule has 1 aromatic rings. The van der Waals surface area contributed by atoms with Crippen LogP contribution < -0.4 is 5.32 Å². The minimum Gasteiger partial charge on any atom is -0.353 e. The van der Waals surface area contributed by atoms with Gasteiger partial charge in [-0.15, -0.1) is 11.3 Å². The molecule has 0 radical (unpaired) electrons. The summed E-state index contributed by atoms with van der Waals surface area (Å²) in [5.74, 6) is 0.423. The van der Waals surface area contributed by atoms with Crippen LogP contribution in [0.3, 0.4) is 0 Å². The fraction of sp³-hybridized carbons (Fsp3) is 0.692. The van der Waals surface area contributed by atoms with E-state index in [0.29, 0.717) is 6.42 Å². The molecule has 2 heterocycles. The number of hydrogen-bond donors (Lipinski definition) is 1. The lowest BCUT2D eigenvalue weighted by molar-refractivity contribution is -0.119. The van der Waals surface area contributed by atoms with Gasteiger partial charge in [0.2, 0.25) is 5.91 Å². The number of carbonyl (C=O) groups is 1. The molecule has 4 heteroatoms. The van der Waals surface area contributed by atoms with E-state index in [0.717, 1.165) is 17.1 Å². The van der Waals surface area contributed by atoms with Gasteiger partial charge in [0.1, 0.15) is 0 Å². The predicted octanol–water partition coefficient (Wildman–Crippen LogP) is 2.82. The third-order valence-electron chi connectivity index (χ3n) is 3.22. The molecule has 2 unspecified atom stereocenters. The monoisotopic (exact) mass is 252 g/mol. The van der Waals surface area contributed by atoms with Crippen molar-refractivity contribution in [2.24, 2.45) is 0 Å². The van der Waals surface area contributed by atoms with Crippen LogP contribution in [0, 0.1) is 0 Å². The van der Waals surface area contributed by atoms with Crippen LogP contribution in [-0.2, 0) is 10.2 Å². The molecule has 1 aromatic heterocycles. The normalized spacial score (nSPS) is 25.1. The van der Waals surface area contributed by atoms with Gasteiger partial charge in [-0.05, 0) is 6.42 Å². The standard InChI is InChI=1S/C13H20N2OS/c1-5-9-8(6-11(16)14-9)10-7-17-12(15-10)13(2,3)4/h7-9H,5-6H2,1-4H3,(H,14,16). The van der Waals surface area contributed by atoms with Crippen LogP contribution in [-0.4, -0.2) is 16.9 Å². The first kappa shape index (κ1) is 12.6. The molecule has 0 aromatic carbocycles. The molecule has 1 saturated heterocycles. The van der Waals surface area contributed by atoms with Crippen LogP contribution in [0.2, 0.25) is 0 Å². The SMILES string of the molecule is CCC1NC(=O)CC1c1csc(C(C)(C)C)n1. The zero-order chi connectivity index (χ0) is 12.6. The topological polar surface area (TPSA) is 42.0 Å². The first-order valence-corrected chi connectivity index (χ1v) is 7.05. The molecule has 1 amide bonds. The van der Waals surface area contributed by atoms with Crippen molar-refractivity contribution in [3.05, 3.63) is 16.1 Å². The smallest absolute Gasteiger partial charge is 0.220 e. The molecule has 17 heavy (non-hydrogen) atoms. The van der Waals surface area contributed by atoms with E-state index in [2.05, 4.69) is 38.4 Å². The predicted molar refractivity (Wildman–Crippen MR) is 70.4 cm³/mol. The van der Waals surface area contributed by atoms with Crippen LogP contribution >= 0.6 is 11.3 Å². The second-order valence-electron chi connectivity index (χ2n) is 5.72. The fourth-order valence-electron chi connectivity index (χ4n) is 2.21. The van der Waals surface area contributed by atoms with Crippen molar-refractivity contribution in [2.75, 3.05) is 0 Å². The molecule has 3 nitrogen and oxygen atoms in total. The van der Waals surface area contributed by atoms with E-state index in [-0.39, 0.29) is 23.3 Å². The number of carbonyl (C=O) groups excluding carboxylic acids is 1. The number of nitrogens with zero attached hydrogens (tertiary/aromatic N) is 1. The van der Waals surface area contributed by atoms with E-state index < -0.39 is 0 Å². The van der Waals surface area contributed by atoms with E-state index in [1.54, 1.807) is 11.3 Å². The van der Waals surface area contributed by atoms with Gasteiger partial charge in [-0.3, -0.25) is 4.79 Å². The Morgan fingerprint density at radius 3 is 2.76 bits per heavy atom. The fourth-order valence-corrected chi connectivity index (χ4v) is 3.18. The molecule has 1 fully saturated rings. The van der Waals surface area contributed by atoms with Crippen molar-refractivity contribution in [1.82, 2.24) is 10.3 Å². The van der Waals surface area contributed by atoms with E-state index in [9.17, 15) is 4.79 Å². The van der Waals surface area contributed by atoms with Crippen molar-refractivity contribution in [1.29, 1.82) is 0 Å². The molecule has 2 atom stereocenters. The number of hydrogen-bond acceptors (Lipinski definition) is 3. The highest BCUT2D eigenvalue weighted by molar-refractivity contribution is 7.09. The van der Waals surface area contributed by atoms with Crippen molar-refractivity contribution in [2.45, 2.75) is 57.9 Å². The Morgan fingerprint density at radius 1 is 1.53 bits per heavy atom. The lowest BCUT2D eigenvalue weighted by Crippen LogP contribution is -2.27. The second kappa shape index (κ2) is 4.41. The largest absolute Gasteiger partial charge is 0.353 e. The number of rotatable bonds is 2. The Balaban J connectivity index is 2.23. The zero-order valence-electron chi connectivity index (χ0n) is 10.9. The summed E-state index contributed by atoms with van der Waals surface area (Å²) in [6, 6.07) is 0.261. The lowest BCUT2D eigenvalue weighted by atomic mass is 9.95. The van der Waals surface area contributed by atoms with Crippen LogP contribution in [0.25, 0.3) is 0 Å². The Bertz CT molecular complexity index is 419. The van der Waals surface area contributed by atoms with Gasteiger partial charge in [-0.1, -0.05) is 27.7 Å². The van der Waals surface area contributed by atoms with E-state index in [4.69, 9.17) is 4.98 Å². The summed E-state index contributed by atoms with van der Waals surface area (Å²) >= 11 is 1.71. The van der Waals surface area contributed by atoms with Gasteiger partial charge in [0, 0.05) is 29.2 Å². The molecule has 0 saturated carbocycles. The average Bonchev–Trinajstić information content (AvgIpc) is 2.81. The molecule has 0 aliphatic carbocycles. The van der Waals surface area contributed by atoms with Crippen LogP contribution in [0.4, 0.5) is 0 Å². The van der Waals surface area contributed by atoms with E-state index in [1.807, 2.05) is 0 Å². The van der Waals surface area contributed by atoms with Crippen molar-refractivity contribution in [3.8, 4) is 0 Å². The van der Waals surface area contributed by atoms with Crippen LogP contribution in [0.15, 0.2) is 5.38 Å². The molecule has 1 aliphatic heterocycles. The molecule has 0 bridgehead atoms. The first-order chi connectivity index (χ1) is 7.91. The second-order valence-corrected chi connectivity index (χ2v) is 6.58. The minimum absolute atomic E-state index is 0.0979. The number of amides is 1. The Kier molecular flexibility index (Phi) is 3.25. The molecule has 2 rings (SSSR count). The third kappa shape index (κ3) is 2.51. The molecule has 0 spiro atoms.